The van der Waals surface area contributed by atoms with E-state index in [2.05, 4.69) is 4.74 Å². The molecule has 2 rings (SSSR count). The number of aliphatic hydroxyl groups is 1. The summed E-state index contributed by atoms with van der Waals surface area (Å²) in [6, 6.07) is 6.93. The normalized spacial score (nSPS) is 9.88. The molecule has 0 amide bonds. The fourth-order valence-electron chi connectivity index (χ4n) is 1.59. The third kappa shape index (κ3) is 5.15. The van der Waals surface area contributed by atoms with Crippen LogP contribution in [-0.2, 0) is 11.4 Å². The molecule has 0 aliphatic rings. The molecule has 1 N–H and O–H groups in total. The molecule has 2 aromatic rings. The topological polar surface area (TPSA) is 55.8 Å². The van der Waals surface area contributed by atoms with Crippen molar-refractivity contribution in [1.29, 1.82) is 0 Å². The Morgan fingerprint density at radius 2 is 1.40 bits per heavy atom. The average Bonchev–Trinajstić information content (AvgIpc) is 2.64. The number of aliphatic hydroxyl groups excluding tert-OH is 1. The summed E-state index contributed by atoms with van der Waals surface area (Å²) in [5.41, 5.74) is 0.827. The lowest BCUT2D eigenvalue weighted by atomic mass is 10.2. The predicted octanol–water partition coefficient (Wildman–Crippen LogP) is 3.15. The molecule has 0 aliphatic heterocycles. The smallest absolute Gasteiger partial charge is 0.206 e. The van der Waals surface area contributed by atoms with Crippen LogP contribution >= 0.6 is 0 Å². The van der Waals surface area contributed by atoms with E-state index in [9.17, 15) is 26.7 Å². The molecular formula is C16H13F5O4. The molecule has 0 bridgehead atoms. The number of carbonyl (C=O) groups is 1. The minimum atomic E-state index is -2.20. The van der Waals surface area contributed by atoms with Gasteiger partial charge in [-0.05, 0) is 17.7 Å². The first kappa shape index (κ1) is 20.4. The van der Waals surface area contributed by atoms with Crippen LogP contribution in [0.5, 0.6) is 11.5 Å². The molecule has 0 heterocycles. The summed E-state index contributed by atoms with van der Waals surface area (Å²) >= 11 is 0. The number of hydrogen-bond donors (Lipinski definition) is 1. The highest BCUT2D eigenvalue weighted by Gasteiger charge is 2.26. The second kappa shape index (κ2) is 9.58. The fraction of sp³-hybridized carbons (Fsp3) is 0.188. The Kier molecular flexibility index (Phi) is 7.80. The Bertz CT molecular complexity index is 690. The molecule has 0 saturated carbocycles. The van der Waals surface area contributed by atoms with Crippen molar-refractivity contribution in [2.24, 2.45) is 0 Å². The molecule has 25 heavy (non-hydrogen) atoms. The Morgan fingerprint density at radius 3 is 1.80 bits per heavy atom. The third-order valence-corrected chi connectivity index (χ3v) is 2.80. The molecule has 0 radical (unpaired) electrons. The van der Waals surface area contributed by atoms with Crippen molar-refractivity contribution < 1.29 is 41.3 Å². The van der Waals surface area contributed by atoms with Crippen LogP contribution < -0.4 is 9.47 Å². The number of rotatable bonds is 5. The highest BCUT2D eigenvalue weighted by Crippen LogP contribution is 2.28. The summed E-state index contributed by atoms with van der Waals surface area (Å²) in [5, 5.41) is 8.71. The van der Waals surface area contributed by atoms with Gasteiger partial charge in [-0.15, -0.1) is 0 Å². The van der Waals surface area contributed by atoms with Crippen LogP contribution in [0.1, 0.15) is 5.56 Å². The lowest BCUT2D eigenvalue weighted by Gasteiger charge is -2.05. The van der Waals surface area contributed by atoms with Crippen molar-refractivity contribution >= 4 is 6.29 Å². The Balaban J connectivity index is 0.000000251. The van der Waals surface area contributed by atoms with Gasteiger partial charge in [0.2, 0.25) is 29.1 Å². The molecule has 2 aromatic carbocycles. The van der Waals surface area contributed by atoms with Crippen molar-refractivity contribution in [3.05, 3.63) is 58.9 Å². The quantitative estimate of drug-likeness (QED) is 0.383. The van der Waals surface area contributed by atoms with Crippen molar-refractivity contribution in [3.63, 3.8) is 0 Å². The minimum Gasteiger partial charge on any atom is -0.491 e. The summed E-state index contributed by atoms with van der Waals surface area (Å²) in [6.07, 6.45) is 0.694. The van der Waals surface area contributed by atoms with Crippen LogP contribution in [0.2, 0.25) is 0 Å². The fourth-order valence-corrected chi connectivity index (χ4v) is 1.59. The van der Waals surface area contributed by atoms with E-state index in [1.165, 1.54) is 0 Å². The molecular weight excluding hydrogens is 351 g/mol. The van der Waals surface area contributed by atoms with Gasteiger partial charge in [-0.2, -0.15) is 8.78 Å². The molecule has 9 heteroatoms. The number of benzene rings is 2. The summed E-state index contributed by atoms with van der Waals surface area (Å²) in [7, 11) is 0.804. The molecule has 0 aromatic heterocycles. The van der Waals surface area contributed by atoms with Gasteiger partial charge in [0, 0.05) is 0 Å². The van der Waals surface area contributed by atoms with Crippen LogP contribution in [0, 0.1) is 29.1 Å². The van der Waals surface area contributed by atoms with Crippen LogP contribution in [0.4, 0.5) is 22.0 Å². The largest absolute Gasteiger partial charge is 0.491 e. The van der Waals surface area contributed by atoms with Gasteiger partial charge in [-0.1, -0.05) is 12.1 Å². The molecule has 4 nitrogen and oxygen atoms in total. The number of carbonyl (C=O) groups excluding carboxylic acids is 1. The summed E-state index contributed by atoms with van der Waals surface area (Å²) < 4.78 is 71.2. The molecule has 0 atom stereocenters. The van der Waals surface area contributed by atoms with Crippen LogP contribution in [0.15, 0.2) is 24.3 Å². The lowest BCUT2D eigenvalue weighted by Crippen LogP contribution is -2.04. The summed E-state index contributed by atoms with van der Waals surface area (Å²) in [5.74, 6) is -10.8. The van der Waals surface area contributed by atoms with Crippen LogP contribution in [-0.4, -0.2) is 25.1 Å². The molecule has 0 fully saturated rings. The SMILES string of the molecule is COc1c(F)c(F)c(F)c(F)c1F.O=CCOc1ccc(CO)cc1. The van der Waals surface area contributed by atoms with Gasteiger partial charge in [-0.25, -0.2) is 13.2 Å². The lowest BCUT2D eigenvalue weighted by molar-refractivity contribution is -0.109. The maximum atomic E-state index is 12.6. The van der Waals surface area contributed by atoms with Crippen molar-refractivity contribution in [2.45, 2.75) is 6.61 Å². The monoisotopic (exact) mass is 364 g/mol. The van der Waals surface area contributed by atoms with Gasteiger partial charge >= 0.3 is 0 Å². The van der Waals surface area contributed by atoms with Crippen molar-refractivity contribution in [3.8, 4) is 11.5 Å². The van der Waals surface area contributed by atoms with E-state index in [1.54, 1.807) is 24.3 Å². The maximum Gasteiger partial charge on any atom is 0.206 e. The Labute approximate surface area is 139 Å². The van der Waals surface area contributed by atoms with E-state index in [4.69, 9.17) is 9.84 Å². The highest BCUT2D eigenvalue weighted by molar-refractivity contribution is 5.51. The van der Waals surface area contributed by atoms with Crippen LogP contribution in [0.25, 0.3) is 0 Å². The van der Waals surface area contributed by atoms with Gasteiger partial charge in [-0.3, -0.25) is 4.79 Å². The van der Waals surface area contributed by atoms with E-state index in [1.807, 2.05) is 0 Å². The number of ether oxygens (including phenoxy) is 2. The third-order valence-electron chi connectivity index (χ3n) is 2.80. The van der Waals surface area contributed by atoms with Gasteiger partial charge in [0.05, 0.1) is 13.7 Å². The molecule has 0 spiro atoms. The first-order chi connectivity index (χ1) is 11.9. The van der Waals surface area contributed by atoms with Crippen molar-refractivity contribution in [2.75, 3.05) is 13.7 Å². The number of halogens is 5. The molecule has 0 unspecified atom stereocenters. The van der Waals surface area contributed by atoms with E-state index in [0.717, 1.165) is 12.7 Å². The minimum absolute atomic E-state index is 0.0218. The zero-order chi connectivity index (χ0) is 19.0. The molecule has 0 saturated heterocycles. The number of aldehydes is 1. The van der Waals surface area contributed by atoms with E-state index in [-0.39, 0.29) is 13.2 Å². The summed E-state index contributed by atoms with van der Waals surface area (Å²) in [4.78, 5) is 9.94. The first-order valence-electron chi connectivity index (χ1n) is 6.69. The van der Waals surface area contributed by atoms with Gasteiger partial charge in [0.25, 0.3) is 0 Å². The van der Waals surface area contributed by atoms with Gasteiger partial charge in [0.15, 0.2) is 12.0 Å². The van der Waals surface area contributed by atoms with E-state index < -0.39 is 34.8 Å². The van der Waals surface area contributed by atoms with Gasteiger partial charge in [0.1, 0.15) is 12.4 Å². The summed E-state index contributed by atoms with van der Waals surface area (Å²) in [6.45, 7) is 0.0897. The zero-order valence-corrected chi connectivity index (χ0v) is 12.9. The predicted molar refractivity (Wildman–Crippen MR) is 76.7 cm³/mol. The number of methoxy groups -OCH3 is 1. The maximum absolute atomic E-state index is 12.6. The second-order valence-electron chi connectivity index (χ2n) is 4.38. The van der Waals surface area contributed by atoms with E-state index in [0.29, 0.717) is 12.0 Å². The molecule has 0 aliphatic carbocycles. The number of hydrogen-bond acceptors (Lipinski definition) is 4. The zero-order valence-electron chi connectivity index (χ0n) is 12.9. The Morgan fingerprint density at radius 1 is 0.920 bits per heavy atom. The second-order valence-corrected chi connectivity index (χ2v) is 4.38. The first-order valence-corrected chi connectivity index (χ1v) is 6.69. The van der Waals surface area contributed by atoms with Gasteiger partial charge < -0.3 is 14.6 Å². The molecule has 136 valence electrons. The average molecular weight is 364 g/mol. The van der Waals surface area contributed by atoms with E-state index >= 15 is 0 Å². The standard InChI is InChI=1S/C9H10O3.C7H3F5O/c10-5-6-12-9-3-1-8(7-11)2-4-9;1-13-7-5(11)3(9)2(8)4(10)6(7)12/h1-5,11H,6-7H2;1H3. The van der Waals surface area contributed by atoms with Crippen molar-refractivity contribution in [1.82, 2.24) is 0 Å². The highest BCUT2D eigenvalue weighted by atomic mass is 19.2. The Hall–Kier alpha value is -2.68. The van der Waals surface area contributed by atoms with Crippen LogP contribution in [0.3, 0.4) is 0 Å².